The normalized spacial score (nSPS) is 10.4. The van der Waals surface area contributed by atoms with Gasteiger partial charge in [-0.05, 0) is 27.7 Å². The maximum absolute atomic E-state index is 12.6. The third-order valence-corrected chi connectivity index (χ3v) is 2.11. The molecule has 6 heteroatoms. The Balaban J connectivity index is 3.39. The second-order valence-corrected chi connectivity index (χ2v) is 2.93. The lowest BCUT2D eigenvalue weighted by atomic mass is 10.3. The van der Waals surface area contributed by atoms with Crippen molar-refractivity contribution >= 4 is 21.7 Å². The summed E-state index contributed by atoms with van der Waals surface area (Å²) in [6.07, 6.45) is 0. The Kier molecular flexibility index (Phi) is 2.85. The van der Waals surface area contributed by atoms with Crippen LogP contribution in [0.2, 0.25) is 0 Å². The van der Waals surface area contributed by atoms with Crippen LogP contribution in [0.5, 0.6) is 0 Å². The summed E-state index contributed by atoms with van der Waals surface area (Å²) in [6, 6.07) is 0.491. The summed E-state index contributed by atoms with van der Waals surface area (Å²) in [5.74, 6) is -6.62. The summed E-state index contributed by atoms with van der Waals surface area (Å²) >= 11 is 0. The van der Waals surface area contributed by atoms with Gasteiger partial charge >= 0.3 is 0 Å². The lowest BCUT2D eigenvalue weighted by Gasteiger charge is -2.00. The second kappa shape index (κ2) is 3.53. The lowest BCUT2D eigenvalue weighted by molar-refractivity contribution is 0.398. The van der Waals surface area contributed by atoms with Crippen LogP contribution in [0.15, 0.2) is 11.0 Å². The van der Waals surface area contributed by atoms with Gasteiger partial charge in [0.2, 0.25) is 0 Å². The fourth-order valence-corrected chi connectivity index (χ4v) is 1.25. The van der Waals surface area contributed by atoms with Gasteiger partial charge in [0.05, 0.1) is 4.90 Å². The van der Waals surface area contributed by atoms with Crippen molar-refractivity contribution < 1.29 is 17.6 Å². The van der Waals surface area contributed by atoms with Crippen molar-refractivity contribution in [2.24, 2.45) is 0 Å². The van der Waals surface area contributed by atoms with E-state index in [1.807, 2.05) is 0 Å². The highest BCUT2D eigenvalue weighted by Gasteiger charge is 2.18. The largest absolute Gasteiger partial charge is 0.204 e. The summed E-state index contributed by atoms with van der Waals surface area (Å²) in [7, 11) is 5.33. The van der Waals surface area contributed by atoms with Crippen molar-refractivity contribution in [1.29, 1.82) is 0 Å². The van der Waals surface area contributed by atoms with Crippen LogP contribution in [0, 0.1) is 23.3 Å². The van der Waals surface area contributed by atoms with Crippen LogP contribution in [-0.4, -0.2) is 0 Å². The first kappa shape index (κ1) is 9.67. The zero-order chi connectivity index (χ0) is 9.30. The number of halogens is 5. The Bertz CT molecular complexity index is 315. The average Bonchev–Trinajstić information content (AvgIpc) is 2.08. The van der Waals surface area contributed by atoms with E-state index in [-0.39, 0.29) is 11.0 Å². The van der Waals surface area contributed by atoms with Gasteiger partial charge < -0.3 is 0 Å². The average molecular weight is 217 g/mol. The molecule has 1 aromatic carbocycles. The molecule has 0 aliphatic heterocycles. The van der Waals surface area contributed by atoms with Gasteiger partial charge in [0, 0.05) is 0 Å². The SMILES string of the molecule is Fc1cc(SCl)c(F)c(F)c1F. The molecule has 0 unspecified atom stereocenters. The number of hydrogen-bond acceptors (Lipinski definition) is 1. The van der Waals surface area contributed by atoms with Crippen LogP contribution in [0.1, 0.15) is 0 Å². The van der Waals surface area contributed by atoms with E-state index >= 15 is 0 Å². The summed E-state index contributed by atoms with van der Waals surface area (Å²) in [4.78, 5) is -0.479. The van der Waals surface area contributed by atoms with E-state index in [0.29, 0.717) is 6.07 Å². The van der Waals surface area contributed by atoms with Crippen LogP contribution in [-0.2, 0) is 0 Å². The highest BCUT2D eigenvalue weighted by Crippen LogP contribution is 2.29. The van der Waals surface area contributed by atoms with Gasteiger partial charge in [-0.3, -0.25) is 0 Å². The molecule has 0 aromatic heterocycles. The minimum atomic E-state index is -1.85. The zero-order valence-electron chi connectivity index (χ0n) is 5.38. The highest BCUT2D eigenvalue weighted by molar-refractivity contribution is 8.21. The van der Waals surface area contributed by atoms with Crippen molar-refractivity contribution in [1.82, 2.24) is 0 Å². The van der Waals surface area contributed by atoms with Crippen molar-refractivity contribution in [3.63, 3.8) is 0 Å². The third kappa shape index (κ3) is 1.51. The number of hydrogen-bond donors (Lipinski definition) is 0. The van der Waals surface area contributed by atoms with Gasteiger partial charge in [0.15, 0.2) is 23.3 Å². The molecule has 0 saturated carbocycles. The molecular weight excluding hydrogens is 216 g/mol. The second-order valence-electron chi connectivity index (χ2n) is 1.88. The molecule has 0 heterocycles. The predicted molar refractivity (Wildman–Crippen MR) is 38.0 cm³/mol. The quantitative estimate of drug-likeness (QED) is 0.393. The smallest absolute Gasteiger partial charge is 0.198 e. The molecule has 0 aliphatic carbocycles. The maximum atomic E-state index is 12.6. The topological polar surface area (TPSA) is 0 Å². The molecule has 0 fully saturated rings. The van der Waals surface area contributed by atoms with E-state index in [4.69, 9.17) is 10.7 Å². The van der Waals surface area contributed by atoms with Gasteiger partial charge in [-0.2, -0.15) is 0 Å². The fraction of sp³-hybridized carbons (Fsp3) is 0. The molecule has 0 amide bonds. The van der Waals surface area contributed by atoms with E-state index in [9.17, 15) is 17.6 Å². The molecule has 1 rings (SSSR count). The van der Waals surface area contributed by atoms with Gasteiger partial charge in [-0.25, -0.2) is 17.6 Å². The zero-order valence-corrected chi connectivity index (χ0v) is 6.95. The van der Waals surface area contributed by atoms with E-state index in [1.54, 1.807) is 0 Å². The van der Waals surface area contributed by atoms with Gasteiger partial charge in [0.1, 0.15) is 0 Å². The van der Waals surface area contributed by atoms with E-state index in [0.717, 1.165) is 0 Å². The van der Waals surface area contributed by atoms with Crippen LogP contribution in [0.4, 0.5) is 17.6 Å². The molecule has 0 aliphatic rings. The van der Waals surface area contributed by atoms with Crippen LogP contribution in [0.3, 0.4) is 0 Å². The van der Waals surface area contributed by atoms with Gasteiger partial charge in [-0.15, -0.1) is 0 Å². The Labute approximate surface area is 74.0 Å². The Morgan fingerprint density at radius 3 is 2.08 bits per heavy atom. The molecule has 0 nitrogen and oxygen atoms in total. The summed E-state index contributed by atoms with van der Waals surface area (Å²) in [5, 5.41) is 0. The minimum absolute atomic E-state index is 0.283. The summed E-state index contributed by atoms with van der Waals surface area (Å²) in [6.45, 7) is 0. The predicted octanol–water partition coefficient (Wildman–Crippen LogP) is 3.49. The van der Waals surface area contributed by atoms with Gasteiger partial charge in [0.25, 0.3) is 0 Å². The standard InChI is InChI=1S/C6HClF4S/c7-12-3-1-2(8)4(9)6(11)5(3)10/h1H. The first-order chi connectivity index (χ1) is 5.57. The van der Waals surface area contributed by atoms with E-state index < -0.39 is 28.2 Å². The van der Waals surface area contributed by atoms with Crippen LogP contribution >= 0.6 is 21.7 Å². The maximum Gasteiger partial charge on any atom is 0.198 e. The molecule has 0 atom stereocenters. The van der Waals surface area contributed by atoms with E-state index in [1.165, 1.54) is 0 Å². The Morgan fingerprint density at radius 1 is 1.00 bits per heavy atom. The minimum Gasteiger partial charge on any atom is -0.204 e. The third-order valence-electron chi connectivity index (χ3n) is 1.15. The molecule has 66 valence electrons. The molecule has 0 radical (unpaired) electrons. The van der Waals surface area contributed by atoms with Crippen molar-refractivity contribution in [2.45, 2.75) is 4.90 Å². The molecule has 0 spiro atoms. The number of rotatable bonds is 1. The fourth-order valence-electron chi connectivity index (χ4n) is 0.607. The Morgan fingerprint density at radius 2 is 1.58 bits per heavy atom. The molecule has 0 bridgehead atoms. The highest BCUT2D eigenvalue weighted by atomic mass is 35.7. The molecule has 0 saturated heterocycles. The van der Waals surface area contributed by atoms with Crippen LogP contribution < -0.4 is 0 Å². The monoisotopic (exact) mass is 216 g/mol. The first-order valence-electron chi connectivity index (χ1n) is 2.69. The number of benzene rings is 1. The van der Waals surface area contributed by atoms with Crippen molar-refractivity contribution in [3.05, 3.63) is 29.3 Å². The molecular formula is C6HClF4S. The van der Waals surface area contributed by atoms with Gasteiger partial charge in [-0.1, -0.05) is 0 Å². The first-order valence-corrected chi connectivity index (χ1v) is 4.33. The van der Waals surface area contributed by atoms with E-state index in [2.05, 4.69) is 0 Å². The van der Waals surface area contributed by atoms with Crippen molar-refractivity contribution in [2.75, 3.05) is 0 Å². The van der Waals surface area contributed by atoms with Crippen LogP contribution in [0.25, 0.3) is 0 Å². The lowest BCUT2D eigenvalue weighted by Crippen LogP contribution is -1.96. The summed E-state index contributed by atoms with van der Waals surface area (Å²) in [5.41, 5.74) is 0. The Hall–Kier alpha value is -0.420. The summed E-state index contributed by atoms with van der Waals surface area (Å²) < 4.78 is 49.6. The molecule has 0 N–H and O–H groups in total. The molecule has 1 aromatic rings. The molecule has 12 heavy (non-hydrogen) atoms. The van der Waals surface area contributed by atoms with Crippen molar-refractivity contribution in [3.8, 4) is 0 Å².